The van der Waals surface area contributed by atoms with Crippen molar-refractivity contribution in [1.82, 2.24) is 14.9 Å². The van der Waals surface area contributed by atoms with Gasteiger partial charge in [-0.05, 0) is 76.2 Å². The van der Waals surface area contributed by atoms with Crippen LogP contribution < -0.4 is 19.8 Å². The van der Waals surface area contributed by atoms with Gasteiger partial charge in [-0.3, -0.25) is 0 Å². The number of hydrogen-bond acceptors (Lipinski definition) is 8. The number of rotatable bonds is 7. The molecule has 0 aliphatic carbocycles. The molecule has 10 heteroatoms. The Morgan fingerprint density at radius 2 is 1.74 bits per heavy atom. The molecule has 38 heavy (non-hydrogen) atoms. The molecule has 2 unspecified atom stereocenters. The lowest BCUT2D eigenvalue weighted by Gasteiger charge is -2.34. The van der Waals surface area contributed by atoms with E-state index in [4.69, 9.17) is 0 Å². The first-order valence-corrected chi connectivity index (χ1v) is 14.9. The van der Waals surface area contributed by atoms with Crippen molar-refractivity contribution in [2.75, 3.05) is 55.3 Å². The summed E-state index contributed by atoms with van der Waals surface area (Å²) in [5.74, 6) is 1.10. The third kappa shape index (κ3) is 5.92. The molecular formula is C28H38N7O2S+. The van der Waals surface area contributed by atoms with E-state index in [0.717, 1.165) is 56.7 Å². The number of benzene rings is 2. The lowest BCUT2D eigenvalue weighted by atomic mass is 10.1. The highest BCUT2D eigenvalue weighted by Crippen LogP contribution is 2.24. The average Bonchev–Trinajstić information content (AvgIpc) is 2.92. The highest BCUT2D eigenvalue weighted by atomic mass is 32.2. The summed E-state index contributed by atoms with van der Waals surface area (Å²) in [5, 5.41) is 6.60. The minimum absolute atomic E-state index is 0.0960. The third-order valence-electron chi connectivity index (χ3n) is 7.58. The van der Waals surface area contributed by atoms with Gasteiger partial charge in [-0.2, -0.15) is 13.4 Å². The van der Waals surface area contributed by atoms with Crippen LogP contribution in [0.3, 0.4) is 0 Å². The first-order valence-electron chi connectivity index (χ1n) is 13.4. The van der Waals surface area contributed by atoms with Gasteiger partial charge in [0.25, 0.3) is 0 Å². The van der Waals surface area contributed by atoms with Crippen LogP contribution in [0.2, 0.25) is 0 Å². The van der Waals surface area contributed by atoms with E-state index in [9.17, 15) is 8.42 Å². The van der Waals surface area contributed by atoms with E-state index in [0.29, 0.717) is 33.2 Å². The highest BCUT2D eigenvalue weighted by Gasteiger charge is 2.35. The van der Waals surface area contributed by atoms with Crippen molar-refractivity contribution in [3.63, 3.8) is 0 Å². The molecule has 9 nitrogen and oxygen atoms in total. The van der Waals surface area contributed by atoms with Crippen LogP contribution in [0.1, 0.15) is 31.7 Å². The molecular weight excluding hydrogens is 498 g/mol. The summed E-state index contributed by atoms with van der Waals surface area (Å²) in [6.45, 7) is 8.79. The normalized spacial score (nSPS) is 20.8. The molecule has 0 radical (unpaired) electrons. The molecule has 5 rings (SSSR count). The fourth-order valence-electron chi connectivity index (χ4n) is 5.16. The van der Waals surface area contributed by atoms with Gasteiger partial charge in [0.05, 0.1) is 12.6 Å². The Labute approximate surface area is 225 Å². The molecule has 2 aliphatic heterocycles. The topological polar surface area (TPSA) is 94.9 Å². The van der Waals surface area contributed by atoms with Gasteiger partial charge in [0.15, 0.2) is 0 Å². The summed E-state index contributed by atoms with van der Waals surface area (Å²) < 4.78 is 27.4. The summed E-state index contributed by atoms with van der Waals surface area (Å²) in [6.07, 6.45) is 4.72. The van der Waals surface area contributed by atoms with E-state index in [1.807, 2.05) is 32.0 Å². The molecule has 0 spiro atoms. The van der Waals surface area contributed by atoms with Crippen LogP contribution in [0.15, 0.2) is 59.6 Å². The molecule has 2 aliphatic rings. The van der Waals surface area contributed by atoms with Crippen LogP contribution in [-0.2, 0) is 10.0 Å². The molecule has 2 aromatic carbocycles. The van der Waals surface area contributed by atoms with Gasteiger partial charge in [0.1, 0.15) is 10.7 Å². The van der Waals surface area contributed by atoms with Crippen molar-refractivity contribution in [3.8, 4) is 0 Å². The largest absolute Gasteiger partial charge is 0.369 e. The van der Waals surface area contributed by atoms with Gasteiger partial charge in [-0.15, -0.1) is 0 Å². The fourth-order valence-corrected chi connectivity index (χ4v) is 7.07. The maximum Gasteiger partial charge on any atom is 0.326 e. The van der Waals surface area contributed by atoms with Crippen molar-refractivity contribution in [3.05, 3.63) is 60.3 Å². The highest BCUT2D eigenvalue weighted by molar-refractivity contribution is 7.85. The Hall–Kier alpha value is -3.21. The van der Waals surface area contributed by atoms with Gasteiger partial charge in [-0.1, -0.05) is 6.07 Å². The number of piperazine rings is 1. The first-order chi connectivity index (χ1) is 18.3. The van der Waals surface area contributed by atoms with Gasteiger partial charge in [0, 0.05) is 61.4 Å². The fraction of sp³-hybridized carbons (Fsp3) is 0.429. The zero-order valence-electron chi connectivity index (χ0n) is 22.4. The molecule has 3 heterocycles. The summed E-state index contributed by atoms with van der Waals surface area (Å²) in [7, 11) is -1.32. The summed E-state index contributed by atoms with van der Waals surface area (Å²) in [6, 6.07) is 15.5. The first kappa shape index (κ1) is 26.4. The van der Waals surface area contributed by atoms with Crippen LogP contribution >= 0.6 is 0 Å². The lowest BCUT2D eigenvalue weighted by molar-refractivity contribution is -0.801. The second kappa shape index (κ2) is 11.3. The smallest absolute Gasteiger partial charge is 0.326 e. The van der Waals surface area contributed by atoms with Crippen molar-refractivity contribution in [2.24, 2.45) is 0 Å². The average molecular weight is 537 g/mol. The van der Waals surface area contributed by atoms with Gasteiger partial charge in [-0.25, -0.2) is 9.29 Å². The number of nitrogens with zero attached hydrogens (tertiary/aromatic N) is 4. The number of aryl methyl sites for hydroxylation is 1. The summed E-state index contributed by atoms with van der Waals surface area (Å²) in [5.41, 5.74) is 3.67. The number of likely N-dealkylation sites (N-methyl/N-ethyl adjacent to an activating group) is 1. The minimum Gasteiger partial charge on any atom is -0.369 e. The Morgan fingerprint density at radius 1 is 0.974 bits per heavy atom. The number of aromatic nitrogens is 2. The number of nitrogens with one attached hydrogen (secondary N) is 3. The standard InChI is InChI=1S/C28H37N7O2S/c1-21-20-29-28(31-23-10-12-25(13-11-23)34-17-15-33(3)16-18-34)32-27(21)30-24-8-6-9-26(19-24)38(36,37)35-14-5-4-7-22(35)2/h6,8-13,19-20,22H,4-5,7,14-18H2,1-3H3,(H2,29,30,31,32)/p+1. The van der Waals surface area contributed by atoms with Crippen LogP contribution in [0.4, 0.5) is 28.8 Å². The minimum atomic E-state index is -3.47. The Kier molecular flexibility index (Phi) is 7.83. The summed E-state index contributed by atoms with van der Waals surface area (Å²) >= 11 is 0. The SMILES string of the molecule is Cc1cnc(Nc2ccc(N3CCN(C)CC3)cc2)nc1Nc1cccc(S(=O)(=O)[NH+]2CCCCC2C)c1. The Morgan fingerprint density at radius 3 is 2.47 bits per heavy atom. The van der Waals surface area contributed by atoms with E-state index in [-0.39, 0.29) is 6.04 Å². The molecule has 2 fully saturated rings. The maximum atomic E-state index is 13.4. The van der Waals surface area contributed by atoms with Crippen LogP contribution in [-0.4, -0.2) is 69.1 Å². The maximum absolute atomic E-state index is 13.4. The van der Waals surface area contributed by atoms with E-state index in [1.165, 1.54) is 5.69 Å². The molecule has 0 saturated carbocycles. The number of piperidine rings is 1. The Balaban J connectivity index is 1.29. The zero-order chi connectivity index (χ0) is 26.7. The van der Waals surface area contributed by atoms with Crippen LogP contribution in [0, 0.1) is 6.92 Å². The molecule has 1 aromatic heterocycles. The van der Waals surface area contributed by atoms with Crippen LogP contribution in [0.5, 0.6) is 0 Å². The molecule has 2 saturated heterocycles. The molecule has 3 N–H and O–H groups in total. The second-order valence-electron chi connectivity index (χ2n) is 10.5. The molecule has 0 bridgehead atoms. The monoisotopic (exact) mass is 536 g/mol. The number of sulfonamides is 1. The quantitative estimate of drug-likeness (QED) is 0.424. The molecule has 2 atom stereocenters. The predicted molar refractivity (Wildman–Crippen MR) is 152 cm³/mol. The predicted octanol–water partition coefficient (Wildman–Crippen LogP) is 3.17. The van der Waals surface area contributed by atoms with Gasteiger partial charge >= 0.3 is 10.0 Å². The van der Waals surface area contributed by atoms with E-state index < -0.39 is 10.0 Å². The van der Waals surface area contributed by atoms with Crippen LogP contribution in [0.25, 0.3) is 0 Å². The summed E-state index contributed by atoms with van der Waals surface area (Å²) in [4.78, 5) is 14.2. The molecule has 3 aromatic rings. The molecule has 0 amide bonds. The van der Waals surface area contributed by atoms with Crippen molar-refractivity contribution in [2.45, 2.75) is 44.0 Å². The number of hydrogen-bond donors (Lipinski definition) is 3. The molecule has 202 valence electrons. The van der Waals surface area contributed by atoms with Crippen molar-refractivity contribution < 1.29 is 12.7 Å². The van der Waals surface area contributed by atoms with Crippen molar-refractivity contribution in [1.29, 1.82) is 0 Å². The lowest BCUT2D eigenvalue weighted by Crippen LogP contribution is -3.17. The van der Waals surface area contributed by atoms with E-state index >= 15 is 0 Å². The number of quaternary nitrogens is 1. The van der Waals surface area contributed by atoms with Gasteiger partial charge < -0.3 is 20.4 Å². The number of anilines is 5. The third-order valence-corrected chi connectivity index (χ3v) is 9.75. The van der Waals surface area contributed by atoms with Gasteiger partial charge in [0.2, 0.25) is 5.95 Å². The van der Waals surface area contributed by atoms with Crippen molar-refractivity contribution >= 4 is 38.9 Å². The Bertz CT molecular complexity index is 1360. The van der Waals surface area contributed by atoms with E-state index in [1.54, 1.807) is 24.4 Å². The second-order valence-corrected chi connectivity index (χ2v) is 12.5. The zero-order valence-corrected chi connectivity index (χ0v) is 23.3. The van der Waals surface area contributed by atoms with E-state index in [2.05, 4.69) is 49.6 Å².